The second-order valence-corrected chi connectivity index (χ2v) is 5.87. The van der Waals surface area contributed by atoms with Crippen LogP contribution in [0.4, 0.5) is 0 Å². The molecule has 0 aliphatic carbocycles. The number of aryl methyl sites for hydroxylation is 2. The highest BCUT2D eigenvalue weighted by atomic mass is 32.1. The molecule has 0 fully saturated rings. The highest BCUT2D eigenvalue weighted by molar-refractivity contribution is 7.10. The molecule has 2 aromatic rings. The topological polar surface area (TPSA) is 44.5 Å². The number of hydrogen-bond donors (Lipinski definition) is 1. The molecule has 0 amide bonds. The average Bonchev–Trinajstić information content (AvgIpc) is 2.93. The highest BCUT2D eigenvalue weighted by Gasteiger charge is 2.28. The summed E-state index contributed by atoms with van der Waals surface area (Å²) in [6.07, 6.45) is -0.131. The average molecular weight is 275 g/mol. The minimum Gasteiger partial charge on any atom is -0.486 e. The number of benzene rings is 1. The molecule has 1 aliphatic rings. The molecule has 0 spiro atoms. The first-order chi connectivity index (χ1) is 9.15. The lowest BCUT2D eigenvalue weighted by atomic mass is 10.1. The summed E-state index contributed by atoms with van der Waals surface area (Å²) in [5, 5.41) is 2.03. The normalized spacial score (nSPS) is 19.2. The molecule has 1 aromatic carbocycles. The highest BCUT2D eigenvalue weighted by Crippen LogP contribution is 2.36. The van der Waals surface area contributed by atoms with Crippen LogP contribution in [0.1, 0.15) is 22.0 Å². The van der Waals surface area contributed by atoms with Crippen molar-refractivity contribution in [3.63, 3.8) is 0 Å². The van der Waals surface area contributed by atoms with Gasteiger partial charge in [0.25, 0.3) is 0 Å². The predicted molar refractivity (Wildman–Crippen MR) is 77.1 cm³/mol. The van der Waals surface area contributed by atoms with E-state index in [1.165, 1.54) is 11.1 Å². The summed E-state index contributed by atoms with van der Waals surface area (Å²) in [6.45, 7) is 4.64. The van der Waals surface area contributed by atoms with Crippen molar-refractivity contribution in [3.05, 3.63) is 45.6 Å². The number of thiophene rings is 1. The van der Waals surface area contributed by atoms with Gasteiger partial charge in [0.15, 0.2) is 17.6 Å². The van der Waals surface area contributed by atoms with Gasteiger partial charge in [0.05, 0.1) is 6.04 Å². The standard InChI is InChI=1S/C15H17NO2S/c1-9-6-11-12(7-10(9)2)18-13(8-17-11)15(16)14-4-3-5-19-14/h3-7,13,15H,8,16H2,1-2H3. The number of hydrogen-bond acceptors (Lipinski definition) is 4. The predicted octanol–water partition coefficient (Wildman–Crippen LogP) is 3.20. The summed E-state index contributed by atoms with van der Waals surface area (Å²) < 4.78 is 11.8. The fourth-order valence-corrected chi connectivity index (χ4v) is 2.96. The summed E-state index contributed by atoms with van der Waals surface area (Å²) >= 11 is 1.65. The molecule has 2 unspecified atom stereocenters. The summed E-state index contributed by atoms with van der Waals surface area (Å²) in [7, 11) is 0. The van der Waals surface area contributed by atoms with E-state index >= 15 is 0 Å². The van der Waals surface area contributed by atoms with Crippen LogP contribution in [0.2, 0.25) is 0 Å². The van der Waals surface area contributed by atoms with Crippen molar-refractivity contribution in [1.82, 2.24) is 0 Å². The molecule has 0 saturated carbocycles. The van der Waals surface area contributed by atoms with Crippen LogP contribution >= 0.6 is 11.3 Å². The van der Waals surface area contributed by atoms with Crippen LogP contribution in [0.5, 0.6) is 11.5 Å². The smallest absolute Gasteiger partial charge is 0.162 e. The van der Waals surface area contributed by atoms with E-state index in [1.807, 2.05) is 29.6 Å². The Balaban J connectivity index is 1.84. The molecule has 3 rings (SSSR count). The van der Waals surface area contributed by atoms with Crippen molar-refractivity contribution < 1.29 is 9.47 Å². The summed E-state index contributed by atoms with van der Waals surface area (Å²) in [4.78, 5) is 1.13. The third-order valence-corrected chi connectivity index (χ3v) is 4.49. The Morgan fingerprint density at radius 2 is 2.00 bits per heavy atom. The van der Waals surface area contributed by atoms with Gasteiger partial charge in [-0.2, -0.15) is 0 Å². The van der Waals surface area contributed by atoms with Crippen LogP contribution in [0.25, 0.3) is 0 Å². The van der Waals surface area contributed by atoms with Gasteiger partial charge in [0.2, 0.25) is 0 Å². The first-order valence-corrected chi connectivity index (χ1v) is 7.23. The molecular formula is C15H17NO2S. The van der Waals surface area contributed by atoms with Gasteiger partial charge < -0.3 is 15.2 Å². The molecule has 3 nitrogen and oxygen atoms in total. The van der Waals surface area contributed by atoms with Crippen molar-refractivity contribution in [3.8, 4) is 11.5 Å². The second-order valence-electron chi connectivity index (χ2n) is 4.89. The van der Waals surface area contributed by atoms with E-state index in [0.29, 0.717) is 6.61 Å². The Hall–Kier alpha value is -1.52. The zero-order valence-corrected chi connectivity index (χ0v) is 11.9. The molecule has 1 aliphatic heterocycles. The first kappa shape index (κ1) is 12.5. The van der Waals surface area contributed by atoms with Gasteiger partial charge in [-0.3, -0.25) is 0 Å². The Morgan fingerprint density at radius 3 is 2.68 bits per heavy atom. The molecule has 2 atom stereocenters. The van der Waals surface area contributed by atoms with Crippen LogP contribution in [0, 0.1) is 13.8 Å². The van der Waals surface area contributed by atoms with Gasteiger partial charge in [-0.05, 0) is 48.6 Å². The molecule has 2 N–H and O–H groups in total. The lowest BCUT2D eigenvalue weighted by Gasteiger charge is -2.30. The molecule has 2 heterocycles. The molecule has 0 bridgehead atoms. The SMILES string of the molecule is Cc1cc2c(cc1C)OC(C(N)c1cccs1)CO2. The van der Waals surface area contributed by atoms with Crippen LogP contribution in [-0.4, -0.2) is 12.7 Å². The van der Waals surface area contributed by atoms with Crippen LogP contribution in [-0.2, 0) is 0 Å². The Kier molecular flexibility index (Phi) is 3.21. The minimum atomic E-state index is -0.144. The number of nitrogens with two attached hydrogens (primary N) is 1. The fraction of sp³-hybridized carbons (Fsp3) is 0.333. The number of ether oxygens (including phenoxy) is 2. The summed E-state index contributed by atoms with van der Waals surface area (Å²) in [5.74, 6) is 1.61. The van der Waals surface area contributed by atoms with Crippen molar-refractivity contribution in [2.75, 3.05) is 6.61 Å². The molecule has 19 heavy (non-hydrogen) atoms. The monoisotopic (exact) mass is 275 g/mol. The fourth-order valence-electron chi connectivity index (χ4n) is 2.18. The van der Waals surface area contributed by atoms with Gasteiger partial charge in [-0.15, -0.1) is 11.3 Å². The van der Waals surface area contributed by atoms with E-state index in [2.05, 4.69) is 13.8 Å². The van der Waals surface area contributed by atoms with E-state index in [0.717, 1.165) is 16.4 Å². The quantitative estimate of drug-likeness (QED) is 0.915. The van der Waals surface area contributed by atoms with Crippen LogP contribution in [0.15, 0.2) is 29.6 Å². The van der Waals surface area contributed by atoms with E-state index in [-0.39, 0.29) is 12.1 Å². The molecular weight excluding hydrogens is 258 g/mol. The number of rotatable bonds is 2. The third-order valence-electron chi connectivity index (χ3n) is 3.51. The van der Waals surface area contributed by atoms with Gasteiger partial charge in [0.1, 0.15) is 6.61 Å². The van der Waals surface area contributed by atoms with Crippen molar-refractivity contribution >= 4 is 11.3 Å². The maximum atomic E-state index is 6.24. The third kappa shape index (κ3) is 2.33. The van der Waals surface area contributed by atoms with E-state index in [9.17, 15) is 0 Å². The lowest BCUT2D eigenvalue weighted by Crippen LogP contribution is -2.38. The minimum absolute atomic E-state index is 0.131. The van der Waals surface area contributed by atoms with E-state index in [4.69, 9.17) is 15.2 Å². The van der Waals surface area contributed by atoms with Crippen molar-refractivity contribution in [2.45, 2.75) is 26.0 Å². The Labute approximate surface area is 117 Å². The maximum Gasteiger partial charge on any atom is 0.162 e. The van der Waals surface area contributed by atoms with Crippen molar-refractivity contribution in [1.29, 1.82) is 0 Å². The first-order valence-electron chi connectivity index (χ1n) is 6.35. The maximum absolute atomic E-state index is 6.24. The summed E-state index contributed by atoms with van der Waals surface area (Å²) in [6, 6.07) is 7.95. The second kappa shape index (κ2) is 4.87. The van der Waals surface area contributed by atoms with E-state index in [1.54, 1.807) is 11.3 Å². The number of fused-ring (bicyclic) bond motifs is 1. The van der Waals surface area contributed by atoms with E-state index < -0.39 is 0 Å². The van der Waals surface area contributed by atoms with Gasteiger partial charge in [-0.1, -0.05) is 6.07 Å². The summed E-state index contributed by atoms with van der Waals surface area (Å²) in [5.41, 5.74) is 8.66. The Bertz CT molecular complexity index is 580. The molecule has 0 radical (unpaired) electrons. The molecule has 4 heteroatoms. The lowest BCUT2D eigenvalue weighted by molar-refractivity contribution is 0.0728. The Morgan fingerprint density at radius 1 is 1.26 bits per heavy atom. The zero-order valence-electron chi connectivity index (χ0n) is 11.1. The molecule has 0 saturated heterocycles. The van der Waals surface area contributed by atoms with Crippen LogP contribution in [0.3, 0.4) is 0 Å². The molecule has 1 aromatic heterocycles. The van der Waals surface area contributed by atoms with Gasteiger partial charge >= 0.3 is 0 Å². The van der Waals surface area contributed by atoms with Gasteiger partial charge in [0, 0.05) is 4.88 Å². The molecule has 100 valence electrons. The van der Waals surface area contributed by atoms with Crippen LogP contribution < -0.4 is 15.2 Å². The largest absolute Gasteiger partial charge is 0.486 e. The van der Waals surface area contributed by atoms with Gasteiger partial charge in [-0.25, -0.2) is 0 Å². The zero-order chi connectivity index (χ0) is 13.4. The van der Waals surface area contributed by atoms with Crippen molar-refractivity contribution in [2.24, 2.45) is 5.73 Å².